The quantitative estimate of drug-likeness (QED) is 0.155. The predicted molar refractivity (Wildman–Crippen MR) is 126 cm³/mol. The van der Waals surface area contributed by atoms with Gasteiger partial charge in [-0.2, -0.15) is 39.5 Å². The first kappa shape index (κ1) is 34.1. The molecule has 2 aromatic rings. The summed E-state index contributed by atoms with van der Waals surface area (Å²) < 4.78 is 135. The molecular formula is C24H27F9O3S2. The Morgan fingerprint density at radius 2 is 1.13 bits per heavy atom. The smallest absolute Gasteiger partial charge is 0.460 e. The number of thiol groups is 1. The average Bonchev–Trinajstić information content (AvgIpc) is 2.71. The van der Waals surface area contributed by atoms with Crippen molar-refractivity contribution in [1.29, 1.82) is 0 Å². The first-order chi connectivity index (χ1) is 16.7. The van der Waals surface area contributed by atoms with Gasteiger partial charge in [0.2, 0.25) is 0 Å². The Morgan fingerprint density at radius 3 is 1.50 bits per heavy atom. The lowest BCUT2D eigenvalue weighted by Crippen LogP contribution is -2.63. The molecule has 38 heavy (non-hydrogen) atoms. The zero-order valence-corrected chi connectivity index (χ0v) is 22.8. The number of benzene rings is 2. The Morgan fingerprint density at radius 1 is 0.658 bits per heavy atom. The number of rotatable bonds is 5. The third kappa shape index (κ3) is 7.17. The topological polar surface area (TPSA) is 57.2 Å². The van der Waals surface area contributed by atoms with Gasteiger partial charge >= 0.3 is 23.3 Å². The molecule has 0 saturated carbocycles. The van der Waals surface area contributed by atoms with Crippen LogP contribution in [0.1, 0.15) is 52.7 Å². The van der Waals surface area contributed by atoms with Crippen molar-refractivity contribution >= 4 is 21.9 Å². The Bertz CT molecular complexity index is 1200. The Hall–Kier alpha value is -1.93. The molecule has 0 saturated heterocycles. The van der Waals surface area contributed by atoms with Crippen molar-refractivity contribution in [2.45, 2.75) is 85.4 Å². The van der Waals surface area contributed by atoms with Gasteiger partial charge in [-0.15, -0.1) is 0 Å². The van der Waals surface area contributed by atoms with Gasteiger partial charge in [0, 0.05) is 17.3 Å². The van der Waals surface area contributed by atoms with E-state index in [4.69, 9.17) is 0 Å². The average molecular weight is 599 g/mol. The summed E-state index contributed by atoms with van der Waals surface area (Å²) in [4.78, 5) is 2.79. The van der Waals surface area contributed by atoms with Crippen LogP contribution in [0.3, 0.4) is 0 Å². The molecule has 0 atom stereocenters. The van der Waals surface area contributed by atoms with Crippen molar-refractivity contribution in [2.75, 3.05) is 0 Å². The molecule has 0 radical (unpaired) electrons. The van der Waals surface area contributed by atoms with Crippen LogP contribution in [-0.2, 0) is 32.7 Å². The van der Waals surface area contributed by atoms with Crippen LogP contribution in [0.2, 0.25) is 0 Å². The van der Waals surface area contributed by atoms with Gasteiger partial charge in [-0.3, -0.25) is 0 Å². The highest BCUT2D eigenvalue weighted by atomic mass is 32.2. The van der Waals surface area contributed by atoms with Crippen LogP contribution in [0.25, 0.3) is 0 Å². The molecule has 0 bridgehead atoms. The second-order valence-electron chi connectivity index (χ2n) is 10.3. The maximum absolute atomic E-state index is 12.2. The van der Waals surface area contributed by atoms with Gasteiger partial charge in [-0.1, -0.05) is 71.9 Å². The first-order valence-electron chi connectivity index (χ1n) is 10.8. The minimum atomic E-state index is -7.43. The van der Waals surface area contributed by atoms with Crippen LogP contribution < -0.4 is 0 Å². The van der Waals surface area contributed by atoms with Gasteiger partial charge in [0.1, 0.15) is 0 Å². The Kier molecular flexibility index (Phi) is 9.79. The second-order valence-corrected chi connectivity index (χ2v) is 12.9. The molecule has 0 aliphatic carbocycles. The fourth-order valence-electron chi connectivity index (χ4n) is 3.21. The number of hydrogen-bond acceptors (Lipinski definition) is 3. The van der Waals surface area contributed by atoms with Gasteiger partial charge in [-0.05, 0) is 34.6 Å². The fraction of sp³-hybridized carbons (Fsp3) is 0.500. The third-order valence-corrected chi connectivity index (χ3v) is 7.09. The second kappa shape index (κ2) is 10.9. The Balaban J connectivity index is 0.000000391. The van der Waals surface area contributed by atoms with Crippen molar-refractivity contribution in [3.8, 4) is 0 Å². The molecule has 0 aromatic heterocycles. The van der Waals surface area contributed by atoms with Crippen LogP contribution in [0.4, 0.5) is 39.5 Å². The lowest BCUT2D eigenvalue weighted by molar-refractivity contribution is -0.382. The summed E-state index contributed by atoms with van der Waals surface area (Å²) in [5.74, 6) is -14.8. The number of hydrogen-bond donors (Lipinski definition) is 0. The van der Waals surface area contributed by atoms with E-state index in [1.807, 2.05) is 0 Å². The largest absolute Gasteiger partial charge is 0.743 e. The molecule has 14 heteroatoms. The highest BCUT2D eigenvalue weighted by Crippen LogP contribution is 2.54. The summed E-state index contributed by atoms with van der Waals surface area (Å²) >= 11 is 1.30. The molecule has 216 valence electrons. The van der Waals surface area contributed by atoms with Crippen LogP contribution in [0.15, 0.2) is 58.3 Å². The van der Waals surface area contributed by atoms with Gasteiger partial charge < -0.3 is 4.55 Å². The lowest BCUT2D eigenvalue weighted by atomic mass is 9.75. The van der Waals surface area contributed by atoms with Crippen molar-refractivity contribution in [2.24, 2.45) is 0 Å². The summed E-state index contributed by atoms with van der Waals surface area (Å²) in [6.07, 6.45) is -7.16. The van der Waals surface area contributed by atoms with Gasteiger partial charge in [-0.25, -0.2) is 8.42 Å². The highest BCUT2D eigenvalue weighted by molar-refractivity contribution is 7.86. The standard InChI is InChI=1S/C20H26S.C4HF9O3S/c1-19(2,3)16-13-10-14-17(18(16)20(4,5)6)21-15-11-8-7-9-12-15;5-1(6,3(9,10)11)2(7,8)4(12,13)17(14,15)16/h7-14H,1-6H3;(H,14,15,16). The van der Waals surface area contributed by atoms with Crippen molar-refractivity contribution in [1.82, 2.24) is 0 Å². The van der Waals surface area contributed by atoms with Crippen LogP contribution in [0, 0.1) is 0 Å². The predicted octanol–water partition coefficient (Wildman–Crippen LogP) is 7.47. The van der Waals surface area contributed by atoms with Gasteiger partial charge in [0.15, 0.2) is 19.9 Å². The van der Waals surface area contributed by atoms with Crippen molar-refractivity contribution in [3.05, 3.63) is 59.7 Å². The number of halogens is 9. The molecule has 0 amide bonds. The molecule has 0 fully saturated rings. The van der Waals surface area contributed by atoms with E-state index >= 15 is 0 Å². The van der Waals surface area contributed by atoms with E-state index in [0.29, 0.717) is 0 Å². The normalized spacial score (nSPS) is 14.1. The van der Waals surface area contributed by atoms with E-state index in [0.717, 1.165) is 0 Å². The molecule has 0 spiro atoms. The van der Waals surface area contributed by atoms with Crippen molar-refractivity contribution < 1.29 is 52.5 Å². The molecule has 0 N–H and O–H groups in total. The van der Waals surface area contributed by atoms with E-state index in [2.05, 4.69) is 90.1 Å². The molecule has 0 unspecified atom stereocenters. The van der Waals surface area contributed by atoms with E-state index in [-0.39, 0.29) is 10.8 Å². The third-order valence-electron chi connectivity index (χ3n) is 5.04. The molecular weight excluding hydrogens is 571 g/mol. The fourth-order valence-corrected chi connectivity index (χ4v) is 4.98. The molecule has 0 aliphatic rings. The zero-order valence-electron chi connectivity index (χ0n) is 21.1. The number of alkyl halides is 9. The van der Waals surface area contributed by atoms with Gasteiger partial charge in [0.25, 0.3) is 0 Å². The van der Waals surface area contributed by atoms with Crippen LogP contribution in [0.5, 0.6) is 0 Å². The minimum absolute atomic E-state index is 0.154. The summed E-state index contributed by atoms with van der Waals surface area (Å²) in [5, 5.41) is -7.11. The summed E-state index contributed by atoms with van der Waals surface area (Å²) in [5.41, 5.74) is 3.30. The lowest BCUT2D eigenvalue weighted by Gasteiger charge is -2.34. The molecule has 0 aliphatic heterocycles. The monoisotopic (exact) mass is 598 g/mol. The summed E-state index contributed by atoms with van der Waals surface area (Å²) in [6, 6.07) is 17.5. The van der Waals surface area contributed by atoms with E-state index < -0.39 is 33.4 Å². The zero-order chi connectivity index (χ0) is 30.2. The summed E-state index contributed by atoms with van der Waals surface area (Å²) in [6.45, 7) is 13.9. The van der Waals surface area contributed by atoms with Crippen LogP contribution >= 0.6 is 0 Å². The van der Waals surface area contributed by atoms with E-state index in [1.165, 1.54) is 32.7 Å². The van der Waals surface area contributed by atoms with E-state index in [9.17, 15) is 52.5 Å². The van der Waals surface area contributed by atoms with Crippen molar-refractivity contribution in [3.63, 3.8) is 0 Å². The maximum Gasteiger partial charge on any atom is 0.460 e. The summed E-state index contributed by atoms with van der Waals surface area (Å²) in [7, 11) is -7.42. The Labute approximate surface area is 219 Å². The molecule has 3 nitrogen and oxygen atoms in total. The maximum atomic E-state index is 12.2. The van der Waals surface area contributed by atoms with Gasteiger partial charge in [0.05, 0.1) is 0 Å². The molecule has 2 rings (SSSR count). The molecule has 0 heterocycles. The minimum Gasteiger partial charge on any atom is -0.743 e. The van der Waals surface area contributed by atoms with Crippen LogP contribution in [-0.4, -0.2) is 36.2 Å². The highest BCUT2D eigenvalue weighted by Gasteiger charge is 2.83. The molecule has 2 aromatic carbocycles. The first-order valence-corrected chi connectivity index (χ1v) is 13.1. The van der Waals surface area contributed by atoms with E-state index in [1.54, 1.807) is 0 Å². The SMILES string of the molecule is CC(C)(C)c1cccc([SH+]c2ccccc2)c1C(C)(C)C.O=S(=O)([O-])C(F)(F)C(F)(F)C(F)(F)C(F)(F)F.